The van der Waals surface area contributed by atoms with Crippen LogP contribution >= 0.6 is 11.6 Å². The molecule has 0 aliphatic heterocycles. The lowest BCUT2D eigenvalue weighted by Crippen LogP contribution is -1.94. The van der Waals surface area contributed by atoms with Gasteiger partial charge in [-0.15, -0.1) is 0 Å². The lowest BCUT2D eigenvalue weighted by atomic mass is 10.0. The molecule has 1 aromatic heterocycles. The molecule has 19 heavy (non-hydrogen) atoms. The van der Waals surface area contributed by atoms with Crippen LogP contribution in [0.3, 0.4) is 0 Å². The van der Waals surface area contributed by atoms with Crippen LogP contribution in [0.25, 0.3) is 22.0 Å². The smallest absolute Gasteiger partial charge is 0.140 e. The quantitative estimate of drug-likeness (QED) is 0.639. The fourth-order valence-electron chi connectivity index (χ4n) is 2.10. The molecule has 0 fully saturated rings. The monoisotopic (exact) mass is 268 g/mol. The summed E-state index contributed by atoms with van der Waals surface area (Å²) in [5, 5.41) is 1.43. The van der Waals surface area contributed by atoms with Gasteiger partial charge in [0.25, 0.3) is 0 Å². The number of aryl methyl sites for hydroxylation is 1. The fraction of sp³-hybridized carbons (Fsp3) is 0.125. The average molecular weight is 269 g/mol. The number of benzene rings is 2. The summed E-state index contributed by atoms with van der Waals surface area (Å²) < 4.78 is 0. The summed E-state index contributed by atoms with van der Waals surface area (Å²) in [6.07, 6.45) is 0.788. The summed E-state index contributed by atoms with van der Waals surface area (Å²) >= 11 is 6.25. The highest BCUT2D eigenvalue weighted by Gasteiger charge is 2.06. The van der Waals surface area contributed by atoms with E-state index in [1.54, 1.807) is 0 Å². The van der Waals surface area contributed by atoms with Gasteiger partial charge in [-0.1, -0.05) is 54.9 Å². The number of hydrogen-bond acceptors (Lipinski definition) is 2. The molecule has 94 valence electrons. The van der Waals surface area contributed by atoms with Crippen LogP contribution in [-0.2, 0) is 6.42 Å². The van der Waals surface area contributed by atoms with E-state index in [4.69, 9.17) is 11.6 Å². The van der Waals surface area contributed by atoms with Crippen molar-refractivity contribution in [1.29, 1.82) is 0 Å². The van der Waals surface area contributed by atoms with E-state index in [1.807, 2.05) is 37.3 Å². The van der Waals surface area contributed by atoms with Crippen molar-refractivity contribution < 1.29 is 0 Å². The third-order valence-corrected chi connectivity index (χ3v) is 3.41. The molecule has 0 unspecified atom stereocenters. The van der Waals surface area contributed by atoms with E-state index in [1.165, 1.54) is 5.56 Å². The third kappa shape index (κ3) is 2.32. The molecule has 0 radical (unpaired) electrons. The fourth-order valence-corrected chi connectivity index (χ4v) is 2.35. The van der Waals surface area contributed by atoms with Gasteiger partial charge in [0.05, 0.1) is 5.52 Å². The molecule has 0 N–H and O–H groups in total. The van der Waals surface area contributed by atoms with E-state index in [2.05, 4.69) is 28.2 Å². The van der Waals surface area contributed by atoms with Crippen molar-refractivity contribution in [3.8, 4) is 11.1 Å². The van der Waals surface area contributed by atoms with E-state index >= 15 is 0 Å². The van der Waals surface area contributed by atoms with Gasteiger partial charge in [0.1, 0.15) is 11.0 Å². The van der Waals surface area contributed by atoms with Crippen LogP contribution in [0.1, 0.15) is 12.7 Å². The molecule has 3 rings (SSSR count). The highest BCUT2D eigenvalue weighted by atomic mass is 35.5. The topological polar surface area (TPSA) is 25.8 Å². The Hall–Kier alpha value is -1.93. The molecule has 0 bridgehead atoms. The van der Waals surface area contributed by atoms with E-state index in [9.17, 15) is 0 Å². The first-order valence-electron chi connectivity index (χ1n) is 6.29. The molecule has 0 amide bonds. The molecule has 0 aliphatic rings. The Morgan fingerprint density at radius 1 is 0.947 bits per heavy atom. The van der Waals surface area contributed by atoms with Crippen molar-refractivity contribution in [2.45, 2.75) is 13.3 Å². The van der Waals surface area contributed by atoms with Crippen LogP contribution in [0.4, 0.5) is 0 Å². The first-order valence-corrected chi connectivity index (χ1v) is 6.67. The number of hydrogen-bond donors (Lipinski definition) is 0. The van der Waals surface area contributed by atoms with Crippen LogP contribution in [0.15, 0.2) is 48.5 Å². The summed E-state index contributed by atoms with van der Waals surface area (Å²) in [5.74, 6) is 0.782. The Balaban J connectivity index is 2.19. The van der Waals surface area contributed by atoms with E-state index in [0.717, 1.165) is 28.7 Å². The van der Waals surface area contributed by atoms with Gasteiger partial charge in [0.15, 0.2) is 0 Å². The van der Waals surface area contributed by atoms with Crippen LogP contribution < -0.4 is 0 Å². The first-order chi connectivity index (χ1) is 9.28. The van der Waals surface area contributed by atoms with Crippen molar-refractivity contribution in [2.75, 3.05) is 0 Å². The van der Waals surface area contributed by atoms with Crippen molar-refractivity contribution in [3.63, 3.8) is 0 Å². The number of aromatic nitrogens is 2. The molecule has 0 saturated carbocycles. The summed E-state index contributed by atoms with van der Waals surface area (Å²) in [7, 11) is 0. The minimum atomic E-state index is 0.527. The summed E-state index contributed by atoms with van der Waals surface area (Å²) in [6.45, 7) is 2.02. The Bertz CT molecular complexity index is 723. The minimum Gasteiger partial charge on any atom is -0.233 e. The molecule has 3 aromatic rings. The van der Waals surface area contributed by atoms with Gasteiger partial charge in [0.2, 0.25) is 0 Å². The van der Waals surface area contributed by atoms with Crippen LogP contribution in [0.2, 0.25) is 5.15 Å². The number of rotatable bonds is 2. The number of fused-ring (bicyclic) bond motifs is 1. The normalized spacial score (nSPS) is 10.8. The third-order valence-electron chi connectivity index (χ3n) is 3.12. The zero-order valence-corrected chi connectivity index (χ0v) is 11.4. The maximum Gasteiger partial charge on any atom is 0.140 e. The first kappa shape index (κ1) is 12.1. The number of halogens is 1. The van der Waals surface area contributed by atoms with E-state index in [0.29, 0.717) is 5.15 Å². The second-order valence-corrected chi connectivity index (χ2v) is 4.74. The summed E-state index contributed by atoms with van der Waals surface area (Å²) in [5.41, 5.74) is 3.19. The molecule has 0 atom stereocenters. The molecular formula is C16H13ClN2. The van der Waals surface area contributed by atoms with E-state index in [-0.39, 0.29) is 0 Å². The zero-order chi connectivity index (χ0) is 13.2. The van der Waals surface area contributed by atoms with Crippen LogP contribution in [0, 0.1) is 0 Å². The van der Waals surface area contributed by atoms with Gasteiger partial charge in [-0.3, -0.25) is 0 Å². The second kappa shape index (κ2) is 4.98. The Morgan fingerprint density at radius 2 is 1.74 bits per heavy atom. The predicted molar refractivity (Wildman–Crippen MR) is 79.4 cm³/mol. The van der Waals surface area contributed by atoms with Gasteiger partial charge in [-0.2, -0.15) is 0 Å². The highest BCUT2D eigenvalue weighted by molar-refractivity contribution is 6.34. The second-order valence-electron chi connectivity index (χ2n) is 4.38. The number of nitrogens with zero attached hydrogens (tertiary/aromatic N) is 2. The lowest BCUT2D eigenvalue weighted by Gasteiger charge is -2.06. The molecule has 1 heterocycles. The van der Waals surface area contributed by atoms with Gasteiger partial charge >= 0.3 is 0 Å². The van der Waals surface area contributed by atoms with Crippen molar-refractivity contribution in [1.82, 2.24) is 9.97 Å². The van der Waals surface area contributed by atoms with Crippen LogP contribution in [-0.4, -0.2) is 9.97 Å². The molecular weight excluding hydrogens is 256 g/mol. The van der Waals surface area contributed by atoms with Crippen molar-refractivity contribution in [2.24, 2.45) is 0 Å². The minimum absolute atomic E-state index is 0.527. The Labute approximate surface area is 117 Å². The maximum absolute atomic E-state index is 6.25. The predicted octanol–water partition coefficient (Wildman–Crippen LogP) is 4.51. The molecule has 3 heteroatoms. The van der Waals surface area contributed by atoms with Gasteiger partial charge in [-0.25, -0.2) is 9.97 Å². The molecule has 0 aliphatic carbocycles. The molecule has 2 aromatic carbocycles. The van der Waals surface area contributed by atoms with Crippen molar-refractivity contribution in [3.05, 3.63) is 59.5 Å². The molecule has 2 nitrogen and oxygen atoms in total. The standard InChI is InChI=1S/C16H13ClN2/c1-2-15-18-14-9-8-12(10-13(14)16(17)19-15)11-6-4-3-5-7-11/h3-10H,2H2,1H3. The van der Waals surface area contributed by atoms with Gasteiger partial charge < -0.3 is 0 Å². The van der Waals surface area contributed by atoms with Crippen molar-refractivity contribution >= 4 is 22.5 Å². The molecule has 0 spiro atoms. The summed E-state index contributed by atoms with van der Waals surface area (Å²) in [4.78, 5) is 8.80. The largest absolute Gasteiger partial charge is 0.233 e. The van der Waals surface area contributed by atoms with Gasteiger partial charge in [0, 0.05) is 11.8 Å². The zero-order valence-electron chi connectivity index (χ0n) is 10.6. The lowest BCUT2D eigenvalue weighted by molar-refractivity contribution is 0.961. The van der Waals surface area contributed by atoms with Gasteiger partial charge in [-0.05, 0) is 23.3 Å². The summed E-state index contributed by atoms with van der Waals surface area (Å²) in [6, 6.07) is 16.3. The van der Waals surface area contributed by atoms with E-state index < -0.39 is 0 Å². The molecule has 0 saturated heterocycles. The highest BCUT2D eigenvalue weighted by Crippen LogP contribution is 2.27. The SMILES string of the molecule is CCc1nc(Cl)c2cc(-c3ccccc3)ccc2n1. The maximum atomic E-state index is 6.25. The Morgan fingerprint density at radius 3 is 2.47 bits per heavy atom. The average Bonchev–Trinajstić information content (AvgIpc) is 2.47. The Kier molecular flexibility index (Phi) is 3.18. The van der Waals surface area contributed by atoms with Crippen LogP contribution in [0.5, 0.6) is 0 Å².